The van der Waals surface area contributed by atoms with Crippen molar-refractivity contribution in [2.75, 3.05) is 5.32 Å². The van der Waals surface area contributed by atoms with E-state index in [0.717, 1.165) is 17.1 Å². The summed E-state index contributed by atoms with van der Waals surface area (Å²) in [6, 6.07) is 4.11. The molecule has 1 heterocycles. The lowest BCUT2D eigenvalue weighted by molar-refractivity contribution is 0.358. The average Bonchev–Trinajstić information content (AvgIpc) is 2.14. The number of nitrogens with two attached hydrogens (primary N) is 1. The normalized spacial score (nSPS) is 13.2. The Balaban J connectivity index is 2.96. The minimum absolute atomic E-state index is 0.175. The van der Waals surface area contributed by atoms with Crippen LogP contribution in [0, 0.1) is 12.3 Å². The van der Waals surface area contributed by atoms with E-state index in [1.54, 1.807) is 0 Å². The van der Waals surface area contributed by atoms with Gasteiger partial charge in [0.2, 0.25) is 0 Å². The number of nitrogens with zero attached hydrogens (tertiary/aromatic N) is 1. The summed E-state index contributed by atoms with van der Waals surface area (Å²) in [4.78, 5) is 4.85. The van der Waals surface area contributed by atoms with E-state index in [-0.39, 0.29) is 5.41 Å². The highest BCUT2D eigenvalue weighted by Crippen LogP contribution is 2.22. The van der Waals surface area contributed by atoms with Crippen LogP contribution in [0.1, 0.15) is 39.0 Å². The molecule has 0 aromatic carbocycles. The van der Waals surface area contributed by atoms with Gasteiger partial charge < -0.3 is 11.1 Å². The summed E-state index contributed by atoms with van der Waals surface area (Å²) in [5.41, 5.74) is 7.59. The summed E-state index contributed by atoms with van der Waals surface area (Å²) in [6.45, 7) is 10.7. The zero-order valence-corrected chi connectivity index (χ0v) is 12.0. The number of hydrogen-bond donors (Lipinski definition) is 2. The minimum atomic E-state index is 0.175. The molecule has 0 bridgehead atoms. The van der Waals surface area contributed by atoms with Crippen LogP contribution in [0.5, 0.6) is 0 Å². The fourth-order valence-corrected chi connectivity index (χ4v) is 1.44. The Hall–Kier alpha value is -1.16. The number of hydrogen-bond acceptors (Lipinski definition) is 3. The van der Waals surface area contributed by atoms with E-state index >= 15 is 0 Å². The van der Waals surface area contributed by atoms with Crippen LogP contribution in [0.4, 0.5) is 5.82 Å². The third-order valence-electron chi connectivity index (χ3n) is 2.90. The van der Waals surface area contributed by atoms with Crippen LogP contribution in [0.25, 0.3) is 0 Å². The molecule has 3 nitrogen and oxygen atoms in total. The van der Waals surface area contributed by atoms with Crippen LogP contribution in [0.15, 0.2) is 12.1 Å². The maximum Gasteiger partial charge on any atom is 0.127 e. The summed E-state index contributed by atoms with van der Waals surface area (Å²) in [5, 5.41) is 3.39. The monoisotopic (exact) mass is 251 g/mol. The molecule has 0 aliphatic rings. The molecule has 0 aliphatic heterocycles. The van der Waals surface area contributed by atoms with Crippen LogP contribution in [0.2, 0.25) is 0 Å². The van der Waals surface area contributed by atoms with Gasteiger partial charge in [-0.2, -0.15) is 0 Å². The molecule has 3 N–H and O–H groups in total. The fraction of sp³-hybridized carbons (Fsp3) is 0.538. The van der Waals surface area contributed by atoms with Crippen molar-refractivity contribution in [1.29, 1.82) is 0 Å². The molecule has 17 heavy (non-hydrogen) atoms. The lowest BCUT2D eigenvalue weighted by Gasteiger charge is -2.28. The molecule has 0 saturated heterocycles. The van der Waals surface area contributed by atoms with E-state index in [1.165, 1.54) is 0 Å². The standard InChI is InChI=1S/C13H21N3S/c1-8-6-10(12(14)17)7-11(15-8)16-9(2)13(3,4)5/h6-7,9H,1-5H3,(H2,14,17)(H,15,16). The first-order chi connectivity index (χ1) is 7.70. The molecule has 0 amide bonds. The Morgan fingerprint density at radius 2 is 2.00 bits per heavy atom. The molecule has 0 fully saturated rings. The first-order valence-corrected chi connectivity index (χ1v) is 6.16. The lowest BCUT2D eigenvalue weighted by Crippen LogP contribution is -2.31. The molecular weight excluding hydrogens is 230 g/mol. The Labute approximate surface area is 109 Å². The number of thiocarbonyl (C=S) groups is 1. The molecule has 1 aromatic heterocycles. The van der Waals surface area contributed by atoms with Gasteiger partial charge in [-0.3, -0.25) is 0 Å². The largest absolute Gasteiger partial charge is 0.389 e. The van der Waals surface area contributed by atoms with Crippen LogP contribution < -0.4 is 11.1 Å². The molecule has 1 aromatic rings. The van der Waals surface area contributed by atoms with Crippen LogP contribution in [-0.4, -0.2) is 16.0 Å². The number of rotatable bonds is 3. The van der Waals surface area contributed by atoms with Gasteiger partial charge in [-0.1, -0.05) is 33.0 Å². The van der Waals surface area contributed by atoms with Crippen molar-refractivity contribution in [2.45, 2.75) is 40.7 Å². The lowest BCUT2D eigenvalue weighted by atomic mass is 9.88. The van der Waals surface area contributed by atoms with Crippen LogP contribution in [-0.2, 0) is 0 Å². The van der Waals surface area contributed by atoms with Gasteiger partial charge >= 0.3 is 0 Å². The van der Waals surface area contributed by atoms with Gasteiger partial charge in [0.25, 0.3) is 0 Å². The molecule has 94 valence electrons. The highest BCUT2D eigenvalue weighted by Gasteiger charge is 2.20. The SMILES string of the molecule is Cc1cc(C(N)=S)cc(NC(C)C(C)(C)C)n1. The van der Waals surface area contributed by atoms with Crippen molar-refractivity contribution < 1.29 is 0 Å². The summed E-state index contributed by atoms with van der Waals surface area (Å²) in [6.07, 6.45) is 0. The Morgan fingerprint density at radius 1 is 1.41 bits per heavy atom. The number of aromatic nitrogens is 1. The predicted octanol–water partition coefficient (Wildman–Crippen LogP) is 2.87. The van der Waals surface area contributed by atoms with Gasteiger partial charge in [-0.15, -0.1) is 0 Å². The average molecular weight is 251 g/mol. The first kappa shape index (κ1) is 13.9. The highest BCUT2D eigenvalue weighted by atomic mass is 32.1. The molecule has 4 heteroatoms. The van der Waals surface area contributed by atoms with Gasteiger partial charge in [0, 0.05) is 17.3 Å². The second kappa shape index (κ2) is 5.00. The Bertz CT molecular complexity index is 421. The topological polar surface area (TPSA) is 50.9 Å². The quantitative estimate of drug-likeness (QED) is 0.811. The van der Waals surface area contributed by atoms with Crippen LogP contribution >= 0.6 is 12.2 Å². The zero-order valence-electron chi connectivity index (χ0n) is 11.2. The summed E-state index contributed by atoms with van der Waals surface area (Å²) < 4.78 is 0. The zero-order chi connectivity index (χ0) is 13.2. The predicted molar refractivity (Wildman–Crippen MR) is 77.4 cm³/mol. The van der Waals surface area contributed by atoms with E-state index in [4.69, 9.17) is 18.0 Å². The van der Waals surface area contributed by atoms with Crippen molar-refractivity contribution in [2.24, 2.45) is 11.1 Å². The molecule has 0 aliphatic carbocycles. The van der Waals surface area contributed by atoms with Gasteiger partial charge in [0.05, 0.1) is 0 Å². The van der Waals surface area contributed by atoms with Gasteiger partial charge in [-0.25, -0.2) is 4.98 Å². The number of aryl methyl sites for hydroxylation is 1. The Morgan fingerprint density at radius 3 is 2.47 bits per heavy atom. The highest BCUT2D eigenvalue weighted by molar-refractivity contribution is 7.80. The minimum Gasteiger partial charge on any atom is -0.389 e. The summed E-state index contributed by atoms with van der Waals surface area (Å²) >= 11 is 4.99. The molecular formula is C13H21N3S. The molecule has 1 unspecified atom stereocenters. The van der Waals surface area contributed by atoms with E-state index in [1.807, 2.05) is 19.1 Å². The first-order valence-electron chi connectivity index (χ1n) is 5.75. The summed E-state index contributed by atoms with van der Waals surface area (Å²) in [7, 11) is 0. The summed E-state index contributed by atoms with van der Waals surface area (Å²) in [5.74, 6) is 0.829. The van der Waals surface area contributed by atoms with E-state index in [2.05, 4.69) is 38.0 Å². The molecule has 0 saturated carbocycles. The third-order valence-corrected chi connectivity index (χ3v) is 3.14. The molecule has 1 rings (SSSR count). The van der Waals surface area contributed by atoms with Gasteiger partial charge in [-0.05, 0) is 31.4 Å². The fourth-order valence-electron chi connectivity index (χ4n) is 1.32. The third kappa shape index (κ3) is 3.97. The second-order valence-corrected chi connectivity index (χ2v) is 5.92. The maximum absolute atomic E-state index is 5.64. The smallest absolute Gasteiger partial charge is 0.127 e. The van der Waals surface area contributed by atoms with Crippen molar-refractivity contribution in [3.63, 3.8) is 0 Å². The van der Waals surface area contributed by atoms with Crippen molar-refractivity contribution in [3.8, 4) is 0 Å². The van der Waals surface area contributed by atoms with Crippen molar-refractivity contribution in [1.82, 2.24) is 4.98 Å². The van der Waals surface area contributed by atoms with Crippen molar-refractivity contribution >= 4 is 23.0 Å². The van der Waals surface area contributed by atoms with Gasteiger partial charge in [0.15, 0.2) is 0 Å². The maximum atomic E-state index is 5.64. The molecule has 1 atom stereocenters. The molecule has 0 spiro atoms. The van der Waals surface area contributed by atoms with E-state index in [0.29, 0.717) is 11.0 Å². The van der Waals surface area contributed by atoms with Crippen LogP contribution in [0.3, 0.4) is 0 Å². The number of pyridine rings is 1. The Kier molecular flexibility index (Phi) is 4.09. The molecule has 0 radical (unpaired) electrons. The van der Waals surface area contributed by atoms with Gasteiger partial charge in [0.1, 0.15) is 10.8 Å². The number of nitrogens with one attached hydrogen (secondary N) is 1. The second-order valence-electron chi connectivity index (χ2n) is 5.48. The van der Waals surface area contributed by atoms with Crippen molar-refractivity contribution in [3.05, 3.63) is 23.4 Å². The number of anilines is 1. The van der Waals surface area contributed by atoms with E-state index in [9.17, 15) is 0 Å². The van der Waals surface area contributed by atoms with E-state index < -0.39 is 0 Å².